The van der Waals surface area contributed by atoms with E-state index in [2.05, 4.69) is 5.32 Å². The number of anilines is 2. The Labute approximate surface area is 238 Å². The van der Waals surface area contributed by atoms with E-state index in [4.69, 9.17) is 27.9 Å². The highest BCUT2D eigenvalue weighted by atomic mass is 35.5. The second-order valence-corrected chi connectivity index (χ2v) is 13.5. The van der Waals surface area contributed by atoms with E-state index in [0.29, 0.717) is 13.1 Å². The number of amides is 1. The largest absolute Gasteiger partial charge is 0.495 e. The maximum absolute atomic E-state index is 13.6. The molecule has 1 amide bonds. The van der Waals surface area contributed by atoms with Crippen LogP contribution in [0.1, 0.15) is 19.3 Å². The number of nitrogens with zero attached hydrogens (tertiary/aromatic N) is 2. The Bertz CT molecular complexity index is 1540. The van der Waals surface area contributed by atoms with Gasteiger partial charge in [-0.2, -0.15) is 4.31 Å². The standard InChI is InChI=1S/C26H27Cl2N3O6S2/c1-37-25-11-10-23(38(33,34)30-12-6-3-7-13-30)17-24(25)29-26(32)18-31(21-15-19(27)14-20(28)16-21)39(35,36)22-8-4-2-5-9-22/h2,4-5,8-11,14-17H,3,6-7,12-13,18H2,1H3,(H,29,32). The Kier molecular flexibility index (Phi) is 9.07. The average Bonchev–Trinajstić information content (AvgIpc) is 2.92. The molecule has 208 valence electrons. The number of rotatable bonds is 9. The summed E-state index contributed by atoms with van der Waals surface area (Å²) in [5.41, 5.74) is 0.168. The average molecular weight is 613 g/mol. The van der Waals surface area contributed by atoms with E-state index >= 15 is 0 Å². The molecule has 4 rings (SSSR count). The van der Waals surface area contributed by atoms with Crippen LogP contribution in [0.15, 0.2) is 76.5 Å². The predicted molar refractivity (Wildman–Crippen MR) is 152 cm³/mol. The first-order valence-electron chi connectivity index (χ1n) is 12.0. The molecule has 39 heavy (non-hydrogen) atoms. The SMILES string of the molecule is COc1ccc(S(=O)(=O)N2CCCCC2)cc1NC(=O)CN(c1cc(Cl)cc(Cl)c1)S(=O)(=O)c1ccccc1. The maximum atomic E-state index is 13.6. The van der Waals surface area contributed by atoms with Crippen molar-refractivity contribution in [2.45, 2.75) is 29.1 Å². The Morgan fingerprint density at radius 2 is 1.54 bits per heavy atom. The minimum absolute atomic E-state index is 0.00381. The molecular formula is C26H27Cl2N3O6S2. The molecule has 3 aromatic carbocycles. The lowest BCUT2D eigenvalue weighted by molar-refractivity contribution is -0.114. The number of nitrogens with one attached hydrogen (secondary N) is 1. The zero-order chi connectivity index (χ0) is 28.2. The van der Waals surface area contributed by atoms with Crippen molar-refractivity contribution >= 4 is 60.5 Å². The number of benzene rings is 3. The molecule has 1 heterocycles. The van der Waals surface area contributed by atoms with E-state index in [0.717, 1.165) is 23.6 Å². The van der Waals surface area contributed by atoms with Crippen molar-refractivity contribution in [3.8, 4) is 5.75 Å². The van der Waals surface area contributed by atoms with Crippen LogP contribution in [0.4, 0.5) is 11.4 Å². The summed E-state index contributed by atoms with van der Waals surface area (Å²) in [6, 6.07) is 16.0. The Balaban J connectivity index is 1.67. The van der Waals surface area contributed by atoms with Crippen molar-refractivity contribution in [2.75, 3.05) is 36.4 Å². The molecule has 0 aromatic heterocycles. The molecule has 1 fully saturated rings. The summed E-state index contributed by atoms with van der Waals surface area (Å²) in [4.78, 5) is 13.2. The van der Waals surface area contributed by atoms with Gasteiger partial charge in [-0.15, -0.1) is 0 Å². The molecule has 1 saturated heterocycles. The maximum Gasteiger partial charge on any atom is 0.264 e. The lowest BCUT2D eigenvalue weighted by Gasteiger charge is -2.26. The Morgan fingerprint density at radius 1 is 0.897 bits per heavy atom. The van der Waals surface area contributed by atoms with Crippen LogP contribution in [0.3, 0.4) is 0 Å². The first-order valence-corrected chi connectivity index (χ1v) is 15.7. The molecule has 9 nitrogen and oxygen atoms in total. The van der Waals surface area contributed by atoms with Crippen LogP contribution in [0, 0.1) is 0 Å². The van der Waals surface area contributed by atoms with Gasteiger partial charge in [0.25, 0.3) is 10.0 Å². The quantitative estimate of drug-likeness (QED) is 0.364. The van der Waals surface area contributed by atoms with E-state index in [-0.39, 0.29) is 37.0 Å². The third-order valence-electron chi connectivity index (χ3n) is 6.15. The van der Waals surface area contributed by atoms with Gasteiger partial charge in [-0.25, -0.2) is 16.8 Å². The van der Waals surface area contributed by atoms with Crippen molar-refractivity contribution in [1.29, 1.82) is 0 Å². The normalized spacial score (nSPS) is 14.5. The summed E-state index contributed by atoms with van der Waals surface area (Å²) in [6.07, 6.45) is 2.52. The number of ether oxygens (including phenoxy) is 1. The van der Waals surface area contributed by atoms with Gasteiger partial charge >= 0.3 is 0 Å². The molecule has 0 saturated carbocycles. The molecule has 1 aliphatic rings. The summed E-state index contributed by atoms with van der Waals surface area (Å²) in [5.74, 6) is -0.527. The van der Waals surface area contributed by atoms with Gasteiger partial charge in [0.1, 0.15) is 12.3 Å². The second kappa shape index (κ2) is 12.1. The van der Waals surface area contributed by atoms with Crippen molar-refractivity contribution < 1.29 is 26.4 Å². The Morgan fingerprint density at radius 3 is 2.15 bits per heavy atom. The van der Waals surface area contributed by atoms with E-state index in [1.807, 2.05) is 0 Å². The highest BCUT2D eigenvalue weighted by Gasteiger charge is 2.29. The number of carbonyl (C=O) groups excluding carboxylic acids is 1. The first-order chi connectivity index (χ1) is 18.5. The van der Waals surface area contributed by atoms with Crippen molar-refractivity contribution in [3.05, 3.63) is 76.8 Å². The van der Waals surface area contributed by atoms with Gasteiger partial charge in [0.15, 0.2) is 0 Å². The molecule has 1 aliphatic heterocycles. The fourth-order valence-electron chi connectivity index (χ4n) is 4.24. The molecule has 13 heteroatoms. The molecule has 0 spiro atoms. The van der Waals surface area contributed by atoms with Crippen LogP contribution >= 0.6 is 23.2 Å². The fourth-order valence-corrected chi connectivity index (χ4v) is 7.72. The highest BCUT2D eigenvalue weighted by Crippen LogP contribution is 2.32. The smallest absolute Gasteiger partial charge is 0.264 e. The summed E-state index contributed by atoms with van der Waals surface area (Å²) in [5, 5.41) is 2.98. The van der Waals surface area contributed by atoms with Gasteiger partial charge in [0, 0.05) is 23.1 Å². The number of methoxy groups -OCH3 is 1. The molecule has 3 aromatic rings. The minimum Gasteiger partial charge on any atom is -0.495 e. The number of carbonyl (C=O) groups is 1. The van der Waals surface area contributed by atoms with Crippen molar-refractivity contribution in [2.24, 2.45) is 0 Å². The lowest BCUT2D eigenvalue weighted by Crippen LogP contribution is -2.38. The number of hydrogen-bond donors (Lipinski definition) is 1. The monoisotopic (exact) mass is 611 g/mol. The second-order valence-electron chi connectivity index (χ2n) is 8.83. The summed E-state index contributed by atoms with van der Waals surface area (Å²) in [7, 11) is -6.63. The molecule has 1 N–H and O–H groups in total. The van der Waals surface area contributed by atoms with Crippen LogP contribution in [-0.2, 0) is 24.8 Å². The number of piperidine rings is 1. The van der Waals surface area contributed by atoms with Crippen molar-refractivity contribution in [3.63, 3.8) is 0 Å². The number of hydrogen-bond acceptors (Lipinski definition) is 6. The third kappa shape index (κ3) is 6.67. The molecular weight excluding hydrogens is 585 g/mol. The van der Waals surface area contributed by atoms with E-state index in [9.17, 15) is 21.6 Å². The van der Waals surface area contributed by atoms with Gasteiger partial charge in [-0.3, -0.25) is 9.10 Å². The summed E-state index contributed by atoms with van der Waals surface area (Å²) in [6.45, 7) is 0.190. The number of sulfonamides is 2. The molecule has 0 atom stereocenters. The minimum atomic E-state index is -4.22. The summed E-state index contributed by atoms with van der Waals surface area (Å²) < 4.78 is 61.2. The van der Waals surface area contributed by atoms with Crippen molar-refractivity contribution in [1.82, 2.24) is 4.31 Å². The fraction of sp³-hybridized carbons (Fsp3) is 0.269. The van der Waals surface area contributed by atoms with Gasteiger partial charge in [0.05, 0.1) is 28.3 Å². The molecule has 0 bridgehead atoms. The summed E-state index contributed by atoms with van der Waals surface area (Å²) >= 11 is 12.3. The highest BCUT2D eigenvalue weighted by molar-refractivity contribution is 7.92. The topological polar surface area (TPSA) is 113 Å². The molecule has 0 unspecified atom stereocenters. The van der Waals surface area contributed by atoms with Gasteiger partial charge in [0.2, 0.25) is 15.9 Å². The van der Waals surface area contributed by atoms with E-state index in [1.165, 1.54) is 59.9 Å². The molecule has 0 aliphatic carbocycles. The van der Waals surface area contributed by atoms with Crippen LogP contribution < -0.4 is 14.4 Å². The number of halogens is 2. The third-order valence-corrected chi connectivity index (χ3v) is 10.3. The predicted octanol–water partition coefficient (Wildman–Crippen LogP) is 5.01. The van der Waals surface area contributed by atoms with Crippen LogP contribution in [0.5, 0.6) is 5.75 Å². The zero-order valence-electron chi connectivity index (χ0n) is 21.0. The van der Waals surface area contributed by atoms with Gasteiger partial charge < -0.3 is 10.1 Å². The lowest BCUT2D eigenvalue weighted by atomic mass is 10.2. The van der Waals surface area contributed by atoms with Gasteiger partial charge in [-0.1, -0.05) is 47.8 Å². The van der Waals surface area contributed by atoms with Crippen LogP contribution in [0.2, 0.25) is 10.0 Å². The van der Waals surface area contributed by atoms with E-state index < -0.39 is 32.5 Å². The van der Waals surface area contributed by atoms with E-state index in [1.54, 1.807) is 18.2 Å². The zero-order valence-corrected chi connectivity index (χ0v) is 24.2. The van der Waals surface area contributed by atoms with Crippen LogP contribution in [0.25, 0.3) is 0 Å². The Hall–Kier alpha value is -2.83. The van der Waals surface area contributed by atoms with Gasteiger partial charge in [-0.05, 0) is 61.4 Å². The molecule has 0 radical (unpaired) electrons. The first kappa shape index (κ1) is 29.2. The van der Waals surface area contributed by atoms with Crippen LogP contribution in [-0.4, -0.2) is 53.8 Å².